The van der Waals surface area contributed by atoms with Gasteiger partial charge in [-0.2, -0.15) is 0 Å². The molecule has 0 unspecified atom stereocenters. The number of benzene rings is 1. The number of carbonyl (C=O) groups is 2. The number of nitrogen functional groups attached to an aromatic ring is 1. The number of piperazine rings is 1. The minimum absolute atomic E-state index is 0.0977. The summed E-state index contributed by atoms with van der Waals surface area (Å²) in [6, 6.07) is 7.73. The Balaban J connectivity index is 1.55. The van der Waals surface area contributed by atoms with Crippen LogP contribution in [0.15, 0.2) is 36.5 Å². The molecule has 4 rings (SSSR count). The second kappa shape index (κ2) is 9.47. The molecule has 1 saturated carbocycles. The number of nitrogens with one attached hydrogen (secondary N) is 1. The van der Waals surface area contributed by atoms with E-state index in [0.717, 1.165) is 30.5 Å². The van der Waals surface area contributed by atoms with Crippen molar-refractivity contribution in [2.75, 3.05) is 30.7 Å². The number of amides is 2. The van der Waals surface area contributed by atoms with Gasteiger partial charge in [-0.25, -0.2) is 9.37 Å². The number of aromatic nitrogens is 1. The second-order valence-corrected chi connectivity index (χ2v) is 9.65. The van der Waals surface area contributed by atoms with E-state index in [-0.39, 0.29) is 17.9 Å². The van der Waals surface area contributed by atoms with Crippen molar-refractivity contribution in [1.29, 1.82) is 0 Å². The van der Waals surface area contributed by atoms with Crippen LogP contribution in [0.5, 0.6) is 0 Å². The lowest BCUT2D eigenvalue weighted by Crippen LogP contribution is -2.57. The number of anilines is 2. The van der Waals surface area contributed by atoms with Gasteiger partial charge < -0.3 is 16.0 Å². The molecule has 0 radical (unpaired) electrons. The summed E-state index contributed by atoms with van der Waals surface area (Å²) in [5, 5.41) is 2.71. The third-order valence-corrected chi connectivity index (χ3v) is 6.40. The van der Waals surface area contributed by atoms with Crippen LogP contribution in [-0.4, -0.2) is 52.3 Å². The number of nitrogens with two attached hydrogens (primary N) is 1. The van der Waals surface area contributed by atoms with E-state index in [4.69, 9.17) is 5.73 Å². The van der Waals surface area contributed by atoms with Gasteiger partial charge in [0, 0.05) is 25.7 Å². The number of hydrogen-bond donors (Lipinski definition) is 2. The van der Waals surface area contributed by atoms with Crippen molar-refractivity contribution >= 4 is 23.3 Å². The Morgan fingerprint density at radius 3 is 2.55 bits per heavy atom. The Hall–Kier alpha value is -3.00. The number of halogens is 1. The highest BCUT2D eigenvalue weighted by molar-refractivity contribution is 6.39. The van der Waals surface area contributed by atoms with Crippen LogP contribution in [0.25, 0.3) is 0 Å². The van der Waals surface area contributed by atoms with Crippen LogP contribution in [0.3, 0.4) is 0 Å². The molecule has 1 aromatic heterocycles. The van der Waals surface area contributed by atoms with Crippen LogP contribution in [0.1, 0.15) is 56.7 Å². The molecule has 176 valence electrons. The molecule has 8 heteroatoms. The molecule has 1 aromatic carbocycles. The maximum Gasteiger partial charge on any atom is 0.313 e. The van der Waals surface area contributed by atoms with E-state index in [1.54, 1.807) is 17.0 Å². The number of hydrogen-bond acceptors (Lipinski definition) is 5. The highest BCUT2D eigenvalue weighted by atomic mass is 19.1. The molecule has 1 saturated heterocycles. The zero-order chi connectivity index (χ0) is 23.7. The Labute approximate surface area is 194 Å². The van der Waals surface area contributed by atoms with Gasteiger partial charge in [0.2, 0.25) is 0 Å². The normalized spacial score (nSPS) is 21.3. The van der Waals surface area contributed by atoms with Crippen LogP contribution in [0.4, 0.5) is 15.9 Å². The van der Waals surface area contributed by atoms with Gasteiger partial charge >= 0.3 is 11.8 Å². The third-order valence-electron chi connectivity index (χ3n) is 6.40. The molecule has 2 aliphatic rings. The summed E-state index contributed by atoms with van der Waals surface area (Å²) in [5.41, 5.74) is 8.16. The van der Waals surface area contributed by atoms with E-state index in [9.17, 15) is 14.0 Å². The van der Waals surface area contributed by atoms with Crippen LogP contribution in [0, 0.1) is 11.7 Å². The zero-order valence-electron chi connectivity index (χ0n) is 19.4. The van der Waals surface area contributed by atoms with Crippen LogP contribution >= 0.6 is 0 Å². The van der Waals surface area contributed by atoms with Gasteiger partial charge in [-0.05, 0) is 60.9 Å². The van der Waals surface area contributed by atoms with Gasteiger partial charge in [0.15, 0.2) is 0 Å². The molecule has 33 heavy (non-hydrogen) atoms. The fourth-order valence-electron chi connectivity index (χ4n) is 4.54. The molecular formula is C25H32FN5O2. The van der Waals surface area contributed by atoms with E-state index in [1.165, 1.54) is 18.3 Å². The van der Waals surface area contributed by atoms with E-state index >= 15 is 0 Å². The molecule has 2 atom stereocenters. The molecule has 2 heterocycles. The second-order valence-electron chi connectivity index (χ2n) is 9.65. The monoisotopic (exact) mass is 453 g/mol. The average molecular weight is 454 g/mol. The molecule has 1 aliphatic heterocycles. The Bertz CT molecular complexity index is 1020. The number of nitrogens with zero attached hydrogens (tertiary/aromatic N) is 3. The molecule has 2 fully saturated rings. The first-order valence-electron chi connectivity index (χ1n) is 11.6. The number of pyridine rings is 1. The fraction of sp³-hybridized carbons (Fsp3) is 0.480. The van der Waals surface area contributed by atoms with Crippen LogP contribution in [0.2, 0.25) is 0 Å². The molecule has 1 aliphatic carbocycles. The van der Waals surface area contributed by atoms with Gasteiger partial charge in [-0.1, -0.05) is 26.0 Å². The summed E-state index contributed by atoms with van der Waals surface area (Å²) in [4.78, 5) is 34.4. The quantitative estimate of drug-likeness (QED) is 0.676. The summed E-state index contributed by atoms with van der Waals surface area (Å²) in [5.74, 6) is -0.341. The highest BCUT2D eigenvalue weighted by Gasteiger charge is 2.38. The maximum atomic E-state index is 13.5. The smallest absolute Gasteiger partial charge is 0.313 e. The van der Waals surface area contributed by atoms with Gasteiger partial charge in [-0.15, -0.1) is 0 Å². The Kier molecular flexibility index (Phi) is 6.65. The first-order valence-corrected chi connectivity index (χ1v) is 11.6. The molecule has 2 aromatic rings. The largest absolute Gasteiger partial charge is 0.383 e. The van der Waals surface area contributed by atoms with Gasteiger partial charge in [0.05, 0.1) is 17.9 Å². The van der Waals surface area contributed by atoms with Crippen molar-refractivity contribution in [3.63, 3.8) is 0 Å². The molecule has 3 N–H and O–H groups in total. The maximum absolute atomic E-state index is 13.5. The Morgan fingerprint density at radius 2 is 1.91 bits per heavy atom. The molecular weight excluding hydrogens is 421 g/mol. The first kappa shape index (κ1) is 23.2. The van der Waals surface area contributed by atoms with Crippen molar-refractivity contribution < 1.29 is 14.0 Å². The Morgan fingerprint density at radius 1 is 1.21 bits per heavy atom. The van der Waals surface area contributed by atoms with Crippen LogP contribution < -0.4 is 11.1 Å². The fourth-order valence-corrected chi connectivity index (χ4v) is 4.54. The summed E-state index contributed by atoms with van der Waals surface area (Å²) in [6.45, 7) is 8.25. The van der Waals surface area contributed by atoms with Crippen molar-refractivity contribution in [2.45, 2.75) is 51.6 Å². The van der Waals surface area contributed by atoms with E-state index in [1.807, 2.05) is 6.07 Å². The van der Waals surface area contributed by atoms with Crippen molar-refractivity contribution in [3.8, 4) is 0 Å². The summed E-state index contributed by atoms with van der Waals surface area (Å²) >= 11 is 0. The minimum atomic E-state index is -0.708. The van der Waals surface area contributed by atoms with Gasteiger partial charge in [-0.3, -0.25) is 14.5 Å². The zero-order valence-corrected chi connectivity index (χ0v) is 19.4. The third kappa shape index (κ3) is 5.33. The van der Waals surface area contributed by atoms with Crippen molar-refractivity contribution in [3.05, 3.63) is 53.5 Å². The topological polar surface area (TPSA) is 91.6 Å². The first-order chi connectivity index (χ1) is 15.7. The summed E-state index contributed by atoms with van der Waals surface area (Å²) < 4.78 is 13.5. The van der Waals surface area contributed by atoms with Gasteiger partial charge in [0.25, 0.3) is 0 Å². The SMILES string of the molecule is CC(C)CN1C[C@@H](c2ccc(F)cc2)N(C(=O)C(=O)Nc2cnc(N)c(C3CC3)c2)C[C@@H]1C. The number of rotatable bonds is 5. The van der Waals surface area contributed by atoms with Crippen molar-refractivity contribution in [1.82, 2.24) is 14.8 Å². The van der Waals surface area contributed by atoms with E-state index < -0.39 is 11.8 Å². The van der Waals surface area contributed by atoms with Crippen molar-refractivity contribution in [2.24, 2.45) is 5.92 Å². The lowest BCUT2D eigenvalue weighted by Gasteiger charge is -2.45. The summed E-state index contributed by atoms with van der Waals surface area (Å²) in [6.07, 6.45) is 3.59. The molecule has 2 amide bonds. The van der Waals surface area contributed by atoms with Crippen LogP contribution in [-0.2, 0) is 9.59 Å². The van der Waals surface area contributed by atoms with Gasteiger partial charge in [0.1, 0.15) is 11.6 Å². The van der Waals surface area contributed by atoms with E-state index in [2.05, 4.69) is 36.0 Å². The predicted octanol–water partition coefficient (Wildman–Crippen LogP) is 3.55. The predicted molar refractivity (Wildman–Crippen MR) is 126 cm³/mol. The molecule has 7 nitrogen and oxygen atoms in total. The summed E-state index contributed by atoms with van der Waals surface area (Å²) in [7, 11) is 0. The minimum Gasteiger partial charge on any atom is -0.383 e. The lowest BCUT2D eigenvalue weighted by atomic mass is 9.98. The number of carbonyl (C=O) groups excluding carboxylic acids is 2. The molecule has 0 bridgehead atoms. The lowest BCUT2D eigenvalue weighted by molar-refractivity contribution is -0.148. The molecule has 0 spiro atoms. The highest BCUT2D eigenvalue weighted by Crippen LogP contribution is 2.42. The standard InChI is InChI=1S/C25H32FN5O2/c1-15(2)12-30-14-22(18-6-8-19(26)9-7-18)31(13-16(30)3)25(33)24(32)29-20-10-21(17-4-5-17)23(27)28-11-20/h6-11,15-17,22H,4-5,12-14H2,1-3H3,(H2,27,28)(H,29,32)/t16-,22-/m0/s1. The van der Waals surface area contributed by atoms with E-state index in [0.29, 0.717) is 36.4 Å². The average Bonchev–Trinajstić information content (AvgIpc) is 3.61.